The lowest BCUT2D eigenvalue weighted by molar-refractivity contribution is -0.207. The van der Waals surface area contributed by atoms with Crippen LogP contribution in [0.25, 0.3) is 0 Å². The van der Waals surface area contributed by atoms with Gasteiger partial charge in [0.2, 0.25) is 0 Å². The Bertz CT molecular complexity index is 1060. The lowest BCUT2D eigenvalue weighted by atomic mass is 9.59. The minimum Gasteiger partial charge on any atom is -0.453 e. The molecule has 3 fully saturated rings. The Morgan fingerprint density at radius 1 is 1.26 bits per heavy atom. The lowest BCUT2D eigenvalue weighted by Crippen LogP contribution is -2.66. The van der Waals surface area contributed by atoms with Crippen molar-refractivity contribution in [1.82, 2.24) is 0 Å². The fourth-order valence-corrected chi connectivity index (χ4v) is 8.33. The van der Waals surface area contributed by atoms with Crippen LogP contribution in [-0.2, 0) is 14.3 Å². The number of aliphatic hydroxyl groups excluding tert-OH is 2. The Morgan fingerprint density at radius 3 is 2.51 bits per heavy atom. The van der Waals surface area contributed by atoms with E-state index in [0.29, 0.717) is 24.8 Å². The summed E-state index contributed by atoms with van der Waals surface area (Å²) in [5, 5.41) is 44.1. The number of ether oxygens (including phenoxy) is 1. The first-order chi connectivity index (χ1) is 16.4. The average Bonchev–Trinajstić information content (AvgIpc) is 3.33. The van der Waals surface area contributed by atoms with Crippen LogP contribution in [0, 0.1) is 51.2 Å². The summed E-state index contributed by atoms with van der Waals surface area (Å²) in [4.78, 5) is 27.8. The predicted molar refractivity (Wildman–Crippen MR) is 126 cm³/mol. The van der Waals surface area contributed by atoms with Gasteiger partial charge in [-0.3, -0.25) is 9.59 Å². The summed E-state index contributed by atoms with van der Waals surface area (Å²) < 4.78 is 5.95. The van der Waals surface area contributed by atoms with Crippen molar-refractivity contribution in [3.63, 3.8) is 0 Å². The van der Waals surface area contributed by atoms with Crippen LogP contribution in [-0.4, -0.2) is 51.5 Å². The largest absolute Gasteiger partial charge is 0.453 e. The van der Waals surface area contributed by atoms with Crippen molar-refractivity contribution in [1.29, 1.82) is 5.26 Å². The van der Waals surface area contributed by atoms with E-state index in [-0.39, 0.29) is 34.5 Å². The van der Waals surface area contributed by atoms with E-state index < -0.39 is 47.1 Å². The van der Waals surface area contributed by atoms with Crippen molar-refractivity contribution in [2.24, 2.45) is 39.9 Å². The maximum absolute atomic E-state index is 14.4. The molecule has 5 rings (SSSR count). The van der Waals surface area contributed by atoms with Crippen LogP contribution in [0.1, 0.15) is 66.2 Å². The van der Waals surface area contributed by atoms with Gasteiger partial charge < -0.3 is 20.1 Å². The normalized spacial score (nSPS) is 45.0. The Kier molecular flexibility index (Phi) is 5.46. The van der Waals surface area contributed by atoms with Gasteiger partial charge in [0.25, 0.3) is 0 Å². The number of allylic oxidation sites excluding steroid dienone is 1. The molecule has 3 saturated carbocycles. The fraction of sp³-hybridized carbons (Fsp3) is 0.750. The zero-order chi connectivity index (χ0) is 25.6. The summed E-state index contributed by atoms with van der Waals surface area (Å²) in [5.74, 6) is -1.42. The second kappa shape index (κ2) is 7.74. The topological polar surface area (TPSA) is 128 Å². The molecule has 0 aromatic carbocycles. The van der Waals surface area contributed by atoms with Gasteiger partial charge in [-0.2, -0.15) is 5.26 Å². The van der Waals surface area contributed by atoms with Crippen molar-refractivity contribution in [3.05, 3.63) is 23.3 Å². The minimum absolute atomic E-state index is 0.0515. The van der Waals surface area contributed by atoms with Crippen LogP contribution in [0.15, 0.2) is 23.3 Å². The zero-order valence-electron chi connectivity index (χ0n) is 21.1. The molecular formula is C28H37NO6. The van der Waals surface area contributed by atoms with Gasteiger partial charge in [0, 0.05) is 5.92 Å². The number of hydrogen-bond acceptors (Lipinski definition) is 7. The number of nitrogens with zero attached hydrogens (tertiary/aromatic N) is 1. The molecule has 0 amide bonds. The van der Waals surface area contributed by atoms with E-state index in [1.807, 2.05) is 6.92 Å². The number of ketones is 1. The monoisotopic (exact) mass is 483 g/mol. The molecule has 7 nitrogen and oxygen atoms in total. The number of hydrogen-bond donors (Lipinski definition) is 3. The maximum Gasteiger partial charge on any atom is 0.327 e. The lowest BCUT2D eigenvalue weighted by Gasteiger charge is -2.49. The van der Waals surface area contributed by atoms with Crippen LogP contribution in [0.3, 0.4) is 0 Å². The smallest absolute Gasteiger partial charge is 0.327 e. The van der Waals surface area contributed by atoms with Crippen LogP contribution >= 0.6 is 0 Å². The molecule has 0 heterocycles. The molecule has 8 atom stereocenters. The van der Waals surface area contributed by atoms with Crippen LogP contribution in [0.5, 0.6) is 0 Å². The molecule has 7 heteroatoms. The first-order valence-corrected chi connectivity index (χ1v) is 13.0. The third kappa shape index (κ3) is 2.94. The van der Waals surface area contributed by atoms with E-state index in [9.17, 15) is 30.2 Å². The standard InChI is InChI=1S/C28H37NO6/c1-15-12-27-16(2)10-19-20(25(19,3)4)18(22(27)32)11-17(13-30)21(31)28(27,34)23(15)35-24(33)26(14-29)8-6-5-7-9-26/h11-12,16,18-21,23,30-31,34H,5-10,13H2,1-4H3/t16-,18+,19-,20+,21-,23+,27+,28+/m1/s1. The molecular weight excluding hydrogens is 446 g/mol. The van der Waals surface area contributed by atoms with Crippen molar-refractivity contribution in [2.75, 3.05) is 6.61 Å². The average molecular weight is 484 g/mol. The SMILES string of the molecule is CC1=C[C@]23C(=O)[C@@H](C=C(CO)[C@@H](O)[C@]2(O)[C@H]1OC(=O)C1(C#N)CCCCC1)[C@H]1[C@@H](C[C@H]3C)C1(C)C. The van der Waals surface area contributed by atoms with E-state index in [1.54, 1.807) is 19.1 Å². The zero-order valence-corrected chi connectivity index (χ0v) is 21.1. The molecule has 3 N–H and O–H groups in total. The molecule has 0 aliphatic heterocycles. The Morgan fingerprint density at radius 2 is 1.91 bits per heavy atom. The first kappa shape index (κ1) is 24.7. The van der Waals surface area contributed by atoms with Gasteiger partial charge in [-0.15, -0.1) is 0 Å². The molecule has 1 spiro atoms. The third-order valence-corrected chi connectivity index (χ3v) is 10.4. The van der Waals surface area contributed by atoms with Crippen LogP contribution in [0.4, 0.5) is 0 Å². The number of Topliss-reactive ketones (excluding diaryl/α,β-unsaturated/α-hetero) is 1. The molecule has 5 aliphatic rings. The van der Waals surface area contributed by atoms with Crippen molar-refractivity contribution in [3.8, 4) is 6.07 Å². The number of rotatable bonds is 3. The van der Waals surface area contributed by atoms with E-state index in [2.05, 4.69) is 19.9 Å². The third-order valence-electron chi connectivity index (χ3n) is 10.4. The fourth-order valence-electron chi connectivity index (χ4n) is 8.33. The van der Waals surface area contributed by atoms with Gasteiger partial charge in [0.15, 0.2) is 22.9 Å². The van der Waals surface area contributed by atoms with Gasteiger partial charge in [0.05, 0.1) is 18.1 Å². The number of aliphatic hydroxyl groups is 3. The van der Waals surface area contributed by atoms with E-state index >= 15 is 0 Å². The molecule has 0 saturated heterocycles. The van der Waals surface area contributed by atoms with Crippen molar-refractivity contribution >= 4 is 11.8 Å². The molecule has 0 radical (unpaired) electrons. The van der Waals surface area contributed by atoms with Gasteiger partial charge in [-0.05, 0) is 60.5 Å². The number of carbonyl (C=O) groups is 2. The highest BCUT2D eigenvalue weighted by Gasteiger charge is 2.76. The van der Waals surface area contributed by atoms with Crippen molar-refractivity contribution < 1.29 is 29.6 Å². The first-order valence-electron chi connectivity index (χ1n) is 13.0. The Hall–Kier alpha value is -2.01. The summed E-state index contributed by atoms with van der Waals surface area (Å²) in [6.07, 6.45) is 4.40. The summed E-state index contributed by atoms with van der Waals surface area (Å²) in [7, 11) is 0. The molecule has 0 aromatic heterocycles. The number of fused-ring (bicyclic) bond motifs is 3. The second-order valence-electron chi connectivity index (χ2n) is 12.4. The highest BCUT2D eigenvalue weighted by molar-refractivity contribution is 5.95. The molecule has 5 aliphatic carbocycles. The predicted octanol–water partition coefficient (Wildman–Crippen LogP) is 2.84. The highest BCUT2D eigenvalue weighted by Crippen LogP contribution is 2.71. The van der Waals surface area contributed by atoms with Crippen LogP contribution in [0.2, 0.25) is 0 Å². The summed E-state index contributed by atoms with van der Waals surface area (Å²) >= 11 is 0. The summed E-state index contributed by atoms with van der Waals surface area (Å²) in [5.41, 5.74) is -4.29. The Labute approximate surface area is 206 Å². The molecule has 190 valence electrons. The molecule has 35 heavy (non-hydrogen) atoms. The molecule has 0 aromatic rings. The van der Waals surface area contributed by atoms with Gasteiger partial charge in [-0.1, -0.05) is 52.2 Å². The Balaban J connectivity index is 1.62. The maximum atomic E-state index is 14.4. The van der Waals surface area contributed by atoms with Crippen molar-refractivity contribution in [2.45, 2.75) is 84.0 Å². The van der Waals surface area contributed by atoms with Crippen LogP contribution < -0.4 is 0 Å². The number of carbonyl (C=O) groups excluding carboxylic acids is 2. The minimum atomic E-state index is -2.17. The molecule has 2 bridgehead atoms. The summed E-state index contributed by atoms with van der Waals surface area (Å²) in [6, 6.07) is 2.17. The van der Waals surface area contributed by atoms with Gasteiger partial charge >= 0.3 is 5.97 Å². The summed E-state index contributed by atoms with van der Waals surface area (Å²) in [6.45, 7) is 7.41. The van der Waals surface area contributed by atoms with E-state index in [0.717, 1.165) is 19.3 Å². The number of nitriles is 1. The van der Waals surface area contributed by atoms with Gasteiger partial charge in [-0.25, -0.2) is 0 Å². The highest BCUT2D eigenvalue weighted by atomic mass is 16.6. The number of esters is 1. The van der Waals surface area contributed by atoms with Gasteiger partial charge in [0.1, 0.15) is 6.10 Å². The van der Waals surface area contributed by atoms with E-state index in [1.165, 1.54) is 0 Å². The van der Waals surface area contributed by atoms with E-state index in [4.69, 9.17) is 4.74 Å². The quantitative estimate of drug-likeness (QED) is 0.416. The second-order valence-corrected chi connectivity index (χ2v) is 12.4. The molecule has 0 unspecified atom stereocenters.